The lowest BCUT2D eigenvalue weighted by molar-refractivity contribution is -0.156. The van der Waals surface area contributed by atoms with Crippen LogP contribution in [-0.2, 0) is 14.3 Å². The highest BCUT2D eigenvalue weighted by Gasteiger charge is 2.64. The molecule has 0 aromatic carbocycles. The van der Waals surface area contributed by atoms with Crippen molar-refractivity contribution in [3.63, 3.8) is 0 Å². The maximum atomic E-state index is 12.5. The van der Waals surface area contributed by atoms with Gasteiger partial charge in [0.15, 0.2) is 0 Å². The topological polar surface area (TPSA) is 142 Å². The molecule has 3 fully saturated rings. The van der Waals surface area contributed by atoms with Crippen molar-refractivity contribution in [1.82, 2.24) is 15.1 Å². The van der Waals surface area contributed by atoms with Crippen molar-refractivity contribution < 1.29 is 29.0 Å². The van der Waals surface area contributed by atoms with Gasteiger partial charge in [-0.25, -0.2) is 14.4 Å². The van der Waals surface area contributed by atoms with Gasteiger partial charge in [-0.05, 0) is 24.8 Å². The zero-order valence-electron chi connectivity index (χ0n) is 13.3. The molecule has 0 aromatic heterocycles. The highest BCUT2D eigenvalue weighted by molar-refractivity contribution is 6.02. The van der Waals surface area contributed by atoms with E-state index in [1.807, 2.05) is 0 Å². The van der Waals surface area contributed by atoms with Gasteiger partial charge in [0.25, 0.3) is 5.91 Å². The SMILES string of the molecule is NC(=O)OCC1=C(C(=O)O)N2C(=O)[C@@H]3[C@H]2[C@H](C1)CN3C(=O)NC1CC1. The molecule has 4 aliphatic rings. The van der Waals surface area contributed by atoms with Gasteiger partial charge in [-0.1, -0.05) is 0 Å². The summed E-state index contributed by atoms with van der Waals surface area (Å²) in [6, 6.07) is -1.05. The zero-order valence-corrected chi connectivity index (χ0v) is 13.3. The summed E-state index contributed by atoms with van der Waals surface area (Å²) >= 11 is 0. The van der Waals surface area contributed by atoms with Gasteiger partial charge < -0.3 is 25.8 Å². The Labute approximate surface area is 142 Å². The Hall–Kier alpha value is -2.78. The number of aliphatic carboxylic acids is 1. The number of nitrogens with two attached hydrogens (primary N) is 1. The molecule has 4 amide bonds. The van der Waals surface area contributed by atoms with Gasteiger partial charge in [0, 0.05) is 18.5 Å². The van der Waals surface area contributed by atoms with Crippen LogP contribution in [0.15, 0.2) is 11.3 Å². The van der Waals surface area contributed by atoms with Gasteiger partial charge in [-0.15, -0.1) is 0 Å². The van der Waals surface area contributed by atoms with Crippen LogP contribution in [0, 0.1) is 5.92 Å². The minimum atomic E-state index is -1.26. The van der Waals surface area contributed by atoms with Gasteiger partial charge in [0.2, 0.25) is 0 Å². The van der Waals surface area contributed by atoms with E-state index in [1.54, 1.807) is 0 Å². The molecule has 3 atom stereocenters. The van der Waals surface area contributed by atoms with E-state index in [2.05, 4.69) is 5.32 Å². The van der Waals surface area contributed by atoms with Crippen LogP contribution < -0.4 is 11.1 Å². The standard InChI is InChI=1S/C15H18N4O6/c16-14(23)25-5-7-3-6-4-18(15(24)17-8-1-2-8)11-9(6)19(12(11)20)10(7)13(21)22/h6,8-9,11H,1-5H2,(H2,16,23)(H,17,24)(H,21,22)/t6-,9-,11+/m1/s1. The quantitative estimate of drug-likeness (QED) is 0.567. The first-order valence-electron chi connectivity index (χ1n) is 8.16. The smallest absolute Gasteiger partial charge is 0.404 e. The number of carbonyl (C=O) groups excluding carboxylic acids is 3. The maximum Gasteiger partial charge on any atom is 0.404 e. The largest absolute Gasteiger partial charge is 0.477 e. The third-order valence-corrected chi connectivity index (χ3v) is 5.20. The molecule has 10 nitrogen and oxygen atoms in total. The Balaban J connectivity index is 1.58. The van der Waals surface area contributed by atoms with Crippen molar-refractivity contribution in [1.29, 1.82) is 0 Å². The summed E-state index contributed by atoms with van der Waals surface area (Å²) in [7, 11) is 0. The number of ether oxygens (including phenoxy) is 1. The predicted molar refractivity (Wildman–Crippen MR) is 81.0 cm³/mol. The molecule has 10 heteroatoms. The number of nitrogens with one attached hydrogen (secondary N) is 1. The van der Waals surface area contributed by atoms with Crippen LogP contribution in [0.3, 0.4) is 0 Å². The molecular weight excluding hydrogens is 332 g/mol. The molecule has 3 aliphatic heterocycles. The molecule has 0 spiro atoms. The van der Waals surface area contributed by atoms with Gasteiger partial charge >= 0.3 is 18.1 Å². The highest BCUT2D eigenvalue weighted by Crippen LogP contribution is 2.47. The van der Waals surface area contributed by atoms with E-state index in [9.17, 15) is 24.3 Å². The van der Waals surface area contributed by atoms with E-state index in [0.717, 1.165) is 12.8 Å². The van der Waals surface area contributed by atoms with Crippen molar-refractivity contribution in [2.75, 3.05) is 13.2 Å². The Morgan fingerprint density at radius 3 is 2.64 bits per heavy atom. The van der Waals surface area contributed by atoms with E-state index in [-0.39, 0.29) is 36.3 Å². The van der Waals surface area contributed by atoms with E-state index in [0.29, 0.717) is 18.5 Å². The van der Waals surface area contributed by atoms with E-state index < -0.39 is 24.0 Å². The molecular formula is C15H18N4O6. The second-order valence-corrected chi connectivity index (χ2v) is 6.85. The first-order valence-corrected chi connectivity index (χ1v) is 8.16. The molecule has 1 aliphatic carbocycles. The monoisotopic (exact) mass is 350 g/mol. The number of primary amides is 1. The fraction of sp³-hybridized carbons (Fsp3) is 0.600. The number of hydrogen-bond donors (Lipinski definition) is 3. The second kappa shape index (κ2) is 5.36. The van der Waals surface area contributed by atoms with Crippen LogP contribution in [0.4, 0.5) is 9.59 Å². The lowest BCUT2D eigenvalue weighted by Crippen LogP contribution is -2.70. The van der Waals surface area contributed by atoms with Crippen LogP contribution in [-0.4, -0.2) is 70.2 Å². The molecule has 0 unspecified atom stereocenters. The number of likely N-dealkylation sites (tertiary alicyclic amines) is 1. The summed E-state index contributed by atoms with van der Waals surface area (Å²) in [5.41, 5.74) is 5.13. The summed E-state index contributed by atoms with van der Waals surface area (Å²) < 4.78 is 4.73. The van der Waals surface area contributed by atoms with Crippen LogP contribution in [0.5, 0.6) is 0 Å². The second-order valence-electron chi connectivity index (χ2n) is 6.85. The average Bonchev–Trinajstić information content (AvgIpc) is 3.27. The number of urea groups is 1. The number of carbonyl (C=O) groups is 4. The molecule has 134 valence electrons. The molecule has 4 rings (SSSR count). The molecule has 25 heavy (non-hydrogen) atoms. The molecule has 0 radical (unpaired) electrons. The molecule has 0 bridgehead atoms. The Morgan fingerprint density at radius 2 is 2.04 bits per heavy atom. The average molecular weight is 350 g/mol. The lowest BCUT2D eigenvalue weighted by Gasteiger charge is -2.49. The van der Waals surface area contributed by atoms with Crippen LogP contribution in [0.1, 0.15) is 19.3 Å². The van der Waals surface area contributed by atoms with Crippen LogP contribution in [0.2, 0.25) is 0 Å². The predicted octanol–water partition coefficient (Wildman–Crippen LogP) is -0.793. The molecule has 4 N–H and O–H groups in total. The first-order chi connectivity index (χ1) is 11.9. The van der Waals surface area contributed by atoms with Crippen molar-refractivity contribution in [2.45, 2.75) is 37.4 Å². The normalized spacial score (nSPS) is 29.9. The van der Waals surface area contributed by atoms with Crippen molar-refractivity contribution in [3.05, 3.63) is 11.3 Å². The van der Waals surface area contributed by atoms with E-state index in [4.69, 9.17) is 10.5 Å². The van der Waals surface area contributed by atoms with Gasteiger partial charge in [0.1, 0.15) is 18.3 Å². The minimum absolute atomic E-state index is 0.0813. The molecule has 1 saturated carbocycles. The fourth-order valence-corrected chi connectivity index (χ4v) is 4.02. The summed E-state index contributed by atoms with van der Waals surface area (Å²) in [6.07, 6.45) is 1.21. The van der Waals surface area contributed by atoms with Gasteiger partial charge in [-0.2, -0.15) is 0 Å². The minimum Gasteiger partial charge on any atom is -0.477 e. The summed E-state index contributed by atoms with van der Waals surface area (Å²) in [6.45, 7) is 0.0893. The zero-order chi connectivity index (χ0) is 17.9. The number of hydrogen-bond acceptors (Lipinski definition) is 5. The van der Waals surface area contributed by atoms with Gasteiger partial charge in [-0.3, -0.25) is 9.69 Å². The molecule has 2 saturated heterocycles. The van der Waals surface area contributed by atoms with E-state index >= 15 is 0 Å². The Bertz CT molecular complexity index is 715. The number of amides is 4. The van der Waals surface area contributed by atoms with Crippen molar-refractivity contribution >= 4 is 24.0 Å². The third-order valence-electron chi connectivity index (χ3n) is 5.20. The highest BCUT2D eigenvalue weighted by atomic mass is 16.5. The summed E-state index contributed by atoms with van der Waals surface area (Å²) in [5.74, 6) is -1.75. The van der Waals surface area contributed by atoms with E-state index in [1.165, 1.54) is 9.80 Å². The number of carboxylic acids is 1. The first kappa shape index (κ1) is 15.7. The van der Waals surface area contributed by atoms with Crippen LogP contribution in [0.25, 0.3) is 0 Å². The summed E-state index contributed by atoms with van der Waals surface area (Å²) in [4.78, 5) is 50.1. The molecule has 3 heterocycles. The Morgan fingerprint density at radius 1 is 1.32 bits per heavy atom. The van der Waals surface area contributed by atoms with Crippen molar-refractivity contribution in [2.24, 2.45) is 11.7 Å². The fourth-order valence-electron chi connectivity index (χ4n) is 4.02. The number of rotatable bonds is 4. The molecule has 0 aromatic rings. The Kier molecular flexibility index (Phi) is 3.37. The van der Waals surface area contributed by atoms with Crippen LogP contribution >= 0.6 is 0 Å². The maximum absolute atomic E-state index is 12.5. The summed E-state index contributed by atoms with van der Waals surface area (Å²) in [5, 5.41) is 12.4. The third kappa shape index (κ3) is 2.39. The number of nitrogens with zero attached hydrogens (tertiary/aromatic N) is 2. The number of β-lactam (4-membered cyclic amide) rings is 1. The lowest BCUT2D eigenvalue weighted by atomic mass is 9.79. The van der Waals surface area contributed by atoms with Gasteiger partial charge in [0.05, 0.1) is 6.04 Å². The van der Waals surface area contributed by atoms with Crippen molar-refractivity contribution in [3.8, 4) is 0 Å². The number of carboxylic acid groups (broad SMARTS) is 1.